The Hall–Kier alpha value is -0.790. The predicted molar refractivity (Wildman–Crippen MR) is 69.1 cm³/mol. The third-order valence-corrected chi connectivity index (χ3v) is 2.78. The van der Waals surface area contributed by atoms with E-state index in [4.69, 9.17) is 10.5 Å². The number of aryl methyl sites for hydroxylation is 1. The van der Waals surface area contributed by atoms with Crippen LogP contribution in [0, 0.1) is 6.92 Å². The first kappa shape index (κ1) is 16.3. The van der Waals surface area contributed by atoms with Gasteiger partial charge in [-0.2, -0.15) is 0 Å². The molecule has 3 nitrogen and oxygen atoms in total. The molecule has 0 radical (unpaired) electrons. The molecule has 7 heteroatoms. The standard InChI is InChI=1S/C12H15BrF3NO2/c1-8-6-10(13)7-9(2-3-17)11(8)18-4-5-19-12(14,15)16/h6-7H,2-5,17H2,1H3. The van der Waals surface area contributed by atoms with Crippen molar-refractivity contribution in [1.82, 2.24) is 0 Å². The van der Waals surface area contributed by atoms with Crippen LogP contribution in [-0.2, 0) is 11.2 Å². The second-order valence-electron chi connectivity index (χ2n) is 3.89. The van der Waals surface area contributed by atoms with E-state index in [1.165, 1.54) is 0 Å². The molecule has 0 heterocycles. The Morgan fingerprint density at radius 3 is 2.53 bits per heavy atom. The highest BCUT2D eigenvalue weighted by Gasteiger charge is 2.28. The van der Waals surface area contributed by atoms with Crippen molar-refractivity contribution in [3.63, 3.8) is 0 Å². The second kappa shape index (κ2) is 7.12. The molecule has 2 N–H and O–H groups in total. The van der Waals surface area contributed by atoms with Gasteiger partial charge in [0.1, 0.15) is 12.4 Å². The van der Waals surface area contributed by atoms with Gasteiger partial charge in [0.25, 0.3) is 0 Å². The Kier molecular flexibility index (Phi) is 6.09. The van der Waals surface area contributed by atoms with Crippen LogP contribution in [-0.4, -0.2) is 26.1 Å². The van der Waals surface area contributed by atoms with Crippen LogP contribution in [0.4, 0.5) is 13.2 Å². The van der Waals surface area contributed by atoms with Crippen molar-refractivity contribution in [3.8, 4) is 5.75 Å². The highest BCUT2D eigenvalue weighted by Crippen LogP contribution is 2.28. The van der Waals surface area contributed by atoms with Gasteiger partial charge in [-0.05, 0) is 43.1 Å². The van der Waals surface area contributed by atoms with E-state index in [1.807, 2.05) is 19.1 Å². The van der Waals surface area contributed by atoms with Crippen molar-refractivity contribution >= 4 is 15.9 Å². The van der Waals surface area contributed by atoms with Gasteiger partial charge in [0.15, 0.2) is 0 Å². The average molecular weight is 342 g/mol. The summed E-state index contributed by atoms with van der Waals surface area (Å²) in [6.45, 7) is 1.55. The number of nitrogens with two attached hydrogens (primary N) is 1. The van der Waals surface area contributed by atoms with Crippen LogP contribution in [0.25, 0.3) is 0 Å². The molecule has 0 aliphatic heterocycles. The Bertz CT molecular complexity index is 424. The Morgan fingerprint density at radius 1 is 1.26 bits per heavy atom. The first-order chi connectivity index (χ1) is 8.83. The summed E-state index contributed by atoms with van der Waals surface area (Å²) in [5, 5.41) is 0. The topological polar surface area (TPSA) is 44.5 Å². The maximum absolute atomic E-state index is 11.8. The van der Waals surface area contributed by atoms with Crippen molar-refractivity contribution < 1.29 is 22.6 Å². The smallest absolute Gasteiger partial charge is 0.491 e. The van der Waals surface area contributed by atoms with Crippen molar-refractivity contribution in [1.29, 1.82) is 0 Å². The summed E-state index contributed by atoms with van der Waals surface area (Å²) in [5.41, 5.74) is 7.20. The van der Waals surface area contributed by atoms with Crippen molar-refractivity contribution in [3.05, 3.63) is 27.7 Å². The van der Waals surface area contributed by atoms with E-state index in [-0.39, 0.29) is 6.61 Å². The van der Waals surface area contributed by atoms with Gasteiger partial charge in [-0.1, -0.05) is 15.9 Å². The van der Waals surface area contributed by atoms with Crippen LogP contribution in [0.3, 0.4) is 0 Å². The second-order valence-corrected chi connectivity index (χ2v) is 4.81. The molecule has 0 saturated heterocycles. The van der Waals surface area contributed by atoms with E-state index in [1.54, 1.807) is 0 Å². The molecule has 0 aliphatic rings. The number of ether oxygens (including phenoxy) is 2. The van der Waals surface area contributed by atoms with Gasteiger partial charge >= 0.3 is 6.36 Å². The lowest BCUT2D eigenvalue weighted by atomic mass is 10.1. The van der Waals surface area contributed by atoms with Crippen LogP contribution in [0.1, 0.15) is 11.1 Å². The summed E-state index contributed by atoms with van der Waals surface area (Å²) in [5.74, 6) is 0.569. The summed E-state index contributed by atoms with van der Waals surface area (Å²) >= 11 is 3.36. The average Bonchev–Trinajstić information content (AvgIpc) is 2.25. The van der Waals surface area contributed by atoms with Gasteiger partial charge in [0, 0.05) is 4.47 Å². The van der Waals surface area contributed by atoms with E-state index < -0.39 is 13.0 Å². The van der Waals surface area contributed by atoms with Gasteiger partial charge in [-0.25, -0.2) is 0 Å². The maximum Gasteiger partial charge on any atom is 0.522 e. The normalized spacial score (nSPS) is 11.7. The highest BCUT2D eigenvalue weighted by atomic mass is 79.9. The van der Waals surface area contributed by atoms with Gasteiger partial charge in [-0.3, -0.25) is 4.74 Å². The lowest BCUT2D eigenvalue weighted by Gasteiger charge is -2.15. The molecule has 0 bridgehead atoms. The molecule has 0 unspecified atom stereocenters. The monoisotopic (exact) mass is 341 g/mol. The van der Waals surface area contributed by atoms with E-state index in [0.29, 0.717) is 18.7 Å². The third kappa shape index (κ3) is 5.80. The van der Waals surface area contributed by atoms with E-state index in [2.05, 4.69) is 20.7 Å². The molecule has 0 saturated carbocycles. The predicted octanol–water partition coefficient (Wildman–Crippen LogP) is 3.17. The summed E-state index contributed by atoms with van der Waals surface area (Å²) in [4.78, 5) is 0. The van der Waals surface area contributed by atoms with Gasteiger partial charge in [0.05, 0.1) is 6.61 Å². The molecular formula is C12H15BrF3NO2. The van der Waals surface area contributed by atoms with E-state index in [9.17, 15) is 13.2 Å². The number of rotatable bonds is 6. The molecule has 0 aliphatic carbocycles. The van der Waals surface area contributed by atoms with Gasteiger partial charge in [-0.15, -0.1) is 13.2 Å². The van der Waals surface area contributed by atoms with Crippen LogP contribution < -0.4 is 10.5 Å². The third-order valence-electron chi connectivity index (χ3n) is 2.33. The fraction of sp³-hybridized carbons (Fsp3) is 0.500. The molecule has 0 amide bonds. The zero-order valence-corrected chi connectivity index (χ0v) is 12.0. The largest absolute Gasteiger partial charge is 0.522 e. The van der Waals surface area contributed by atoms with Crippen molar-refractivity contribution in [2.75, 3.05) is 19.8 Å². The maximum atomic E-state index is 11.8. The SMILES string of the molecule is Cc1cc(Br)cc(CCN)c1OCCOC(F)(F)F. The van der Waals surface area contributed by atoms with Crippen molar-refractivity contribution in [2.24, 2.45) is 5.73 Å². The first-order valence-corrected chi connectivity index (χ1v) is 6.45. The minimum Gasteiger partial charge on any atom is -0.491 e. The van der Waals surface area contributed by atoms with Crippen LogP contribution >= 0.6 is 15.9 Å². The lowest BCUT2D eigenvalue weighted by molar-refractivity contribution is -0.325. The number of hydrogen-bond acceptors (Lipinski definition) is 3. The van der Waals surface area contributed by atoms with Crippen molar-refractivity contribution in [2.45, 2.75) is 19.7 Å². The Labute approximate surface area is 118 Å². The Balaban J connectivity index is 2.66. The fourth-order valence-corrected chi connectivity index (χ4v) is 2.27. The summed E-state index contributed by atoms with van der Waals surface area (Å²) in [7, 11) is 0. The minimum absolute atomic E-state index is 0.167. The van der Waals surface area contributed by atoms with Crippen LogP contribution in [0.2, 0.25) is 0 Å². The molecule has 1 rings (SSSR count). The highest BCUT2D eigenvalue weighted by molar-refractivity contribution is 9.10. The first-order valence-electron chi connectivity index (χ1n) is 5.66. The Morgan fingerprint density at radius 2 is 1.95 bits per heavy atom. The molecule has 0 atom stereocenters. The molecule has 19 heavy (non-hydrogen) atoms. The lowest BCUT2D eigenvalue weighted by Crippen LogP contribution is -2.18. The summed E-state index contributed by atoms with van der Waals surface area (Å²) < 4.78 is 45.3. The summed E-state index contributed by atoms with van der Waals surface area (Å²) in [6, 6.07) is 3.68. The zero-order valence-electron chi connectivity index (χ0n) is 10.4. The number of benzene rings is 1. The number of hydrogen-bond donors (Lipinski definition) is 1. The number of halogens is 4. The molecule has 1 aromatic rings. The van der Waals surface area contributed by atoms with Gasteiger partial charge in [0.2, 0.25) is 0 Å². The fourth-order valence-electron chi connectivity index (χ4n) is 1.65. The molecule has 0 fully saturated rings. The molecular weight excluding hydrogens is 327 g/mol. The van der Waals surface area contributed by atoms with Crippen LogP contribution in [0.5, 0.6) is 5.75 Å². The van der Waals surface area contributed by atoms with E-state index >= 15 is 0 Å². The van der Waals surface area contributed by atoms with E-state index in [0.717, 1.165) is 15.6 Å². The summed E-state index contributed by atoms with van der Waals surface area (Å²) in [6.07, 6.45) is -4.03. The number of alkyl halides is 3. The molecule has 0 aromatic heterocycles. The molecule has 1 aromatic carbocycles. The minimum atomic E-state index is -4.63. The quantitative estimate of drug-likeness (QED) is 0.808. The van der Waals surface area contributed by atoms with Crippen LogP contribution in [0.15, 0.2) is 16.6 Å². The molecule has 108 valence electrons. The zero-order chi connectivity index (χ0) is 14.5. The molecule has 0 spiro atoms. The van der Waals surface area contributed by atoms with Gasteiger partial charge < -0.3 is 10.5 Å².